The molecule has 0 aliphatic carbocycles. The lowest BCUT2D eigenvalue weighted by Crippen LogP contribution is -2.55. The first-order valence-electron chi connectivity index (χ1n) is 12.4. The fourth-order valence-corrected chi connectivity index (χ4v) is 4.44. The van der Waals surface area contributed by atoms with E-state index < -0.39 is 11.6 Å². The molecule has 37 heavy (non-hydrogen) atoms. The highest BCUT2D eigenvalue weighted by atomic mass is 79.9. The summed E-state index contributed by atoms with van der Waals surface area (Å²) in [4.78, 5) is 28.7. The summed E-state index contributed by atoms with van der Waals surface area (Å²) < 4.78 is 20.2. The van der Waals surface area contributed by atoms with E-state index in [4.69, 9.17) is 4.74 Å². The van der Waals surface area contributed by atoms with Gasteiger partial charge in [-0.1, -0.05) is 55.5 Å². The van der Waals surface area contributed by atoms with Crippen molar-refractivity contribution in [3.8, 4) is 5.75 Å². The number of benzene rings is 3. The maximum atomic E-state index is 13.7. The van der Waals surface area contributed by atoms with E-state index in [1.54, 1.807) is 12.1 Å². The molecule has 1 atom stereocenters. The van der Waals surface area contributed by atoms with Crippen molar-refractivity contribution >= 4 is 27.7 Å². The van der Waals surface area contributed by atoms with Crippen LogP contribution >= 0.6 is 15.9 Å². The molecule has 0 aliphatic heterocycles. The van der Waals surface area contributed by atoms with Crippen molar-refractivity contribution in [2.45, 2.75) is 58.7 Å². The third-order valence-corrected chi connectivity index (χ3v) is 6.41. The lowest BCUT2D eigenvalue weighted by molar-refractivity contribution is -0.143. The lowest BCUT2D eigenvalue weighted by atomic mass is 10.0. The number of rotatable bonds is 10. The molecule has 0 fully saturated rings. The van der Waals surface area contributed by atoms with Crippen LogP contribution in [0.4, 0.5) is 4.39 Å². The second-order valence-electron chi connectivity index (χ2n) is 10.00. The van der Waals surface area contributed by atoms with Gasteiger partial charge in [0.25, 0.3) is 5.91 Å². The van der Waals surface area contributed by atoms with Gasteiger partial charge in [-0.15, -0.1) is 0 Å². The van der Waals surface area contributed by atoms with Crippen LogP contribution in [0.3, 0.4) is 0 Å². The molecule has 0 aromatic heterocycles. The number of nitrogens with zero attached hydrogens (tertiary/aromatic N) is 1. The van der Waals surface area contributed by atoms with Crippen LogP contribution in [0, 0.1) is 5.82 Å². The fraction of sp³-hybridized carbons (Fsp3) is 0.333. The number of nitrogens with one attached hydrogen (secondary N) is 1. The zero-order valence-corrected chi connectivity index (χ0v) is 23.3. The highest BCUT2D eigenvalue weighted by molar-refractivity contribution is 9.10. The first-order chi connectivity index (χ1) is 17.6. The summed E-state index contributed by atoms with van der Waals surface area (Å²) in [7, 11) is 0. The molecule has 3 aromatic carbocycles. The molecule has 0 radical (unpaired) electrons. The Morgan fingerprint density at radius 3 is 2.22 bits per heavy atom. The number of hydrogen-bond acceptors (Lipinski definition) is 3. The van der Waals surface area contributed by atoms with Gasteiger partial charge in [0.15, 0.2) is 6.61 Å². The molecule has 3 aromatic rings. The summed E-state index contributed by atoms with van der Waals surface area (Å²) >= 11 is 3.52. The number of carbonyl (C=O) groups excluding carboxylic acids is 2. The van der Waals surface area contributed by atoms with Crippen LogP contribution in [0.1, 0.15) is 44.4 Å². The van der Waals surface area contributed by atoms with Crippen LogP contribution < -0.4 is 10.1 Å². The molecule has 1 N–H and O–H groups in total. The number of aryl methyl sites for hydroxylation is 1. The zero-order chi connectivity index (χ0) is 27.0. The van der Waals surface area contributed by atoms with Crippen molar-refractivity contribution < 1.29 is 18.7 Å². The van der Waals surface area contributed by atoms with Gasteiger partial charge in [0.2, 0.25) is 5.91 Å². The summed E-state index contributed by atoms with van der Waals surface area (Å²) in [5.74, 6) is -0.427. The van der Waals surface area contributed by atoms with Crippen molar-refractivity contribution in [2.24, 2.45) is 0 Å². The third-order valence-electron chi connectivity index (χ3n) is 5.79. The maximum absolute atomic E-state index is 13.7. The average Bonchev–Trinajstić information content (AvgIpc) is 2.85. The van der Waals surface area contributed by atoms with E-state index in [0.29, 0.717) is 17.7 Å². The maximum Gasteiger partial charge on any atom is 0.261 e. The standard InChI is InChI=1S/C30H34BrFN2O3/c1-5-21-13-16-27(25(31)17-21)37-20-28(35)34(19-23-11-14-24(32)15-12-23)26(29(36)33-30(2,3)4)18-22-9-7-6-8-10-22/h6-17,26H,5,18-20H2,1-4H3,(H,33,36)/t26-/m0/s1. The molecule has 0 spiro atoms. The van der Waals surface area contributed by atoms with Crippen LogP contribution in [-0.2, 0) is 29.0 Å². The molecule has 2 amide bonds. The molecule has 3 rings (SSSR count). The van der Waals surface area contributed by atoms with Gasteiger partial charge in [0, 0.05) is 18.5 Å². The molecule has 5 nitrogen and oxygen atoms in total. The van der Waals surface area contributed by atoms with E-state index >= 15 is 0 Å². The molecule has 0 unspecified atom stereocenters. The van der Waals surface area contributed by atoms with Crippen LogP contribution in [0.2, 0.25) is 0 Å². The first kappa shape index (κ1) is 28.4. The normalized spacial score (nSPS) is 12.1. The minimum atomic E-state index is -0.798. The molecule has 196 valence electrons. The van der Waals surface area contributed by atoms with Crippen molar-refractivity contribution in [1.29, 1.82) is 0 Å². The lowest BCUT2D eigenvalue weighted by Gasteiger charge is -2.33. The highest BCUT2D eigenvalue weighted by Crippen LogP contribution is 2.26. The third kappa shape index (κ3) is 8.71. The fourth-order valence-electron chi connectivity index (χ4n) is 3.90. The number of hydrogen-bond donors (Lipinski definition) is 1. The second kappa shape index (κ2) is 12.9. The smallest absolute Gasteiger partial charge is 0.261 e. The summed E-state index contributed by atoms with van der Waals surface area (Å²) in [6.07, 6.45) is 1.21. The molecular formula is C30H34BrFN2O3. The van der Waals surface area contributed by atoms with E-state index in [-0.39, 0.29) is 30.8 Å². The van der Waals surface area contributed by atoms with E-state index in [1.807, 2.05) is 69.3 Å². The van der Waals surface area contributed by atoms with Crippen molar-refractivity contribution in [2.75, 3.05) is 6.61 Å². The number of amides is 2. The molecular weight excluding hydrogens is 535 g/mol. The van der Waals surface area contributed by atoms with E-state index in [0.717, 1.165) is 22.0 Å². The SMILES string of the molecule is CCc1ccc(OCC(=O)N(Cc2ccc(F)cc2)[C@@H](Cc2ccccc2)C(=O)NC(C)(C)C)c(Br)c1. The Kier molecular flexibility index (Phi) is 9.86. The second-order valence-corrected chi connectivity index (χ2v) is 10.9. The molecule has 0 saturated heterocycles. The molecule has 7 heteroatoms. The largest absolute Gasteiger partial charge is 0.483 e. The number of halogens is 2. The first-order valence-corrected chi connectivity index (χ1v) is 13.2. The van der Waals surface area contributed by atoms with Crippen molar-refractivity contribution in [3.05, 3.63) is 99.8 Å². The van der Waals surface area contributed by atoms with Crippen LogP contribution in [0.25, 0.3) is 0 Å². The zero-order valence-electron chi connectivity index (χ0n) is 21.8. The van der Waals surface area contributed by atoms with Gasteiger partial charge in [-0.2, -0.15) is 0 Å². The molecule has 0 aliphatic rings. The minimum absolute atomic E-state index is 0.132. The summed E-state index contributed by atoms with van der Waals surface area (Å²) in [5.41, 5.74) is 2.29. The number of ether oxygens (including phenoxy) is 1. The predicted molar refractivity (Wildman–Crippen MR) is 148 cm³/mol. The van der Waals surface area contributed by atoms with Gasteiger partial charge in [-0.3, -0.25) is 9.59 Å². The Morgan fingerprint density at radius 2 is 1.62 bits per heavy atom. The molecule has 0 bridgehead atoms. The molecule has 0 heterocycles. The monoisotopic (exact) mass is 568 g/mol. The van der Waals surface area contributed by atoms with Gasteiger partial charge in [-0.25, -0.2) is 4.39 Å². The van der Waals surface area contributed by atoms with Crippen LogP contribution in [0.15, 0.2) is 77.3 Å². The van der Waals surface area contributed by atoms with Crippen molar-refractivity contribution in [1.82, 2.24) is 10.2 Å². The summed E-state index contributed by atoms with van der Waals surface area (Å²) in [6.45, 7) is 7.65. The minimum Gasteiger partial charge on any atom is -0.483 e. The Morgan fingerprint density at radius 1 is 0.973 bits per heavy atom. The van der Waals surface area contributed by atoms with Crippen LogP contribution in [-0.4, -0.2) is 34.9 Å². The Hall–Kier alpha value is -3.19. The Bertz CT molecular complexity index is 1190. The van der Waals surface area contributed by atoms with Crippen molar-refractivity contribution in [3.63, 3.8) is 0 Å². The van der Waals surface area contributed by atoms with Gasteiger partial charge in [-0.05, 0) is 84.1 Å². The van der Waals surface area contributed by atoms with Gasteiger partial charge in [0.1, 0.15) is 17.6 Å². The quantitative estimate of drug-likeness (QED) is 0.322. The van der Waals surface area contributed by atoms with E-state index in [9.17, 15) is 14.0 Å². The summed E-state index contributed by atoms with van der Waals surface area (Å²) in [6, 6.07) is 20.5. The van der Waals surface area contributed by atoms with Gasteiger partial charge < -0.3 is 15.0 Å². The topological polar surface area (TPSA) is 58.6 Å². The highest BCUT2D eigenvalue weighted by Gasteiger charge is 2.32. The summed E-state index contributed by atoms with van der Waals surface area (Å²) in [5, 5.41) is 3.02. The van der Waals surface area contributed by atoms with E-state index in [1.165, 1.54) is 17.0 Å². The molecule has 0 saturated carbocycles. The number of carbonyl (C=O) groups is 2. The van der Waals surface area contributed by atoms with Gasteiger partial charge >= 0.3 is 0 Å². The van der Waals surface area contributed by atoms with Gasteiger partial charge in [0.05, 0.1) is 4.47 Å². The van der Waals surface area contributed by atoms with Crippen LogP contribution in [0.5, 0.6) is 5.75 Å². The Labute approximate surface area is 227 Å². The Balaban J connectivity index is 1.92. The van der Waals surface area contributed by atoms with E-state index in [2.05, 4.69) is 28.2 Å². The average molecular weight is 570 g/mol. The predicted octanol–water partition coefficient (Wildman–Crippen LogP) is 6.08.